The summed E-state index contributed by atoms with van der Waals surface area (Å²) < 4.78 is 0. The van der Waals surface area contributed by atoms with E-state index in [0.29, 0.717) is 11.1 Å². The summed E-state index contributed by atoms with van der Waals surface area (Å²) in [5, 5.41) is 16.5. The zero-order valence-corrected chi connectivity index (χ0v) is 9.79. The van der Waals surface area contributed by atoms with Gasteiger partial charge in [-0.2, -0.15) is 36.4 Å². The van der Waals surface area contributed by atoms with E-state index in [-0.39, 0.29) is 17.1 Å². The molecule has 2 aromatic carbocycles. The first kappa shape index (κ1) is 15.2. The summed E-state index contributed by atoms with van der Waals surface area (Å²) in [6, 6.07) is 13.0. The van der Waals surface area contributed by atoms with E-state index in [1.54, 1.807) is 48.5 Å². The summed E-state index contributed by atoms with van der Waals surface area (Å²) in [6.07, 6.45) is 0. The Morgan fingerprint density at radius 3 is 1.35 bits per heavy atom. The molecular formula is C12H10FeO4. The maximum atomic E-state index is 10.1. The molecule has 4 nitrogen and oxygen atoms in total. The number of rotatable bonds is 2. The standard InChI is InChI=1S/2C6H5O2.Fe/c2*7-6(8)5-3-1-2-4-5;/h2*1-4H,(H,7,8);/q2*-1;+2. The fourth-order valence-electron chi connectivity index (χ4n) is 1.03. The average molecular weight is 274 g/mol. The molecule has 0 unspecified atom stereocenters. The smallest absolute Gasteiger partial charge is 0.521 e. The van der Waals surface area contributed by atoms with E-state index in [1.807, 2.05) is 0 Å². The minimum Gasteiger partial charge on any atom is -0.521 e. The van der Waals surface area contributed by atoms with Crippen LogP contribution in [0.1, 0.15) is 20.7 Å². The van der Waals surface area contributed by atoms with Crippen molar-refractivity contribution in [2.24, 2.45) is 0 Å². The van der Waals surface area contributed by atoms with Crippen molar-refractivity contribution in [2.75, 3.05) is 0 Å². The van der Waals surface area contributed by atoms with E-state index >= 15 is 0 Å². The Balaban J connectivity index is 0.000000284. The van der Waals surface area contributed by atoms with Crippen LogP contribution in [0.2, 0.25) is 0 Å². The first-order chi connectivity index (χ1) is 7.61. The van der Waals surface area contributed by atoms with E-state index in [0.717, 1.165) is 0 Å². The van der Waals surface area contributed by atoms with Crippen LogP contribution in [-0.2, 0) is 17.1 Å². The van der Waals surface area contributed by atoms with Crippen LogP contribution in [0.3, 0.4) is 0 Å². The summed E-state index contributed by atoms with van der Waals surface area (Å²) in [4.78, 5) is 20.1. The molecule has 0 bridgehead atoms. The fourth-order valence-corrected chi connectivity index (χ4v) is 1.03. The maximum Gasteiger partial charge on any atom is 2.00 e. The van der Waals surface area contributed by atoms with E-state index < -0.39 is 11.9 Å². The third kappa shape index (κ3) is 5.15. The van der Waals surface area contributed by atoms with Gasteiger partial charge in [0.25, 0.3) is 0 Å². The summed E-state index contributed by atoms with van der Waals surface area (Å²) in [5.41, 5.74) is 0.704. The van der Waals surface area contributed by atoms with E-state index in [1.165, 1.54) is 0 Å². The fraction of sp³-hybridized carbons (Fsp3) is 0. The van der Waals surface area contributed by atoms with Crippen LogP contribution in [-0.4, -0.2) is 22.2 Å². The Hall–Kier alpha value is -1.84. The molecule has 0 fully saturated rings. The number of carboxylic acid groups (broad SMARTS) is 2. The van der Waals surface area contributed by atoms with Crippen LogP contribution in [0.25, 0.3) is 0 Å². The molecule has 0 saturated heterocycles. The normalized spacial score (nSPS) is 8.47. The van der Waals surface area contributed by atoms with Gasteiger partial charge in [-0.3, -0.25) is 0 Å². The molecule has 0 saturated carbocycles. The second-order valence-electron chi connectivity index (χ2n) is 2.96. The van der Waals surface area contributed by atoms with Crippen molar-refractivity contribution in [1.29, 1.82) is 0 Å². The molecule has 0 amide bonds. The van der Waals surface area contributed by atoms with Crippen LogP contribution in [0.4, 0.5) is 0 Å². The molecular weight excluding hydrogens is 264 g/mol. The van der Waals surface area contributed by atoms with E-state index in [9.17, 15) is 9.59 Å². The zero-order valence-electron chi connectivity index (χ0n) is 8.68. The monoisotopic (exact) mass is 274 g/mol. The van der Waals surface area contributed by atoms with Gasteiger partial charge in [-0.25, -0.2) is 0 Å². The van der Waals surface area contributed by atoms with Gasteiger partial charge in [0.1, 0.15) is 0 Å². The predicted molar refractivity (Wildman–Crippen MR) is 58.0 cm³/mol. The Kier molecular flexibility index (Phi) is 6.63. The summed E-state index contributed by atoms with van der Waals surface area (Å²) in [7, 11) is 0. The average Bonchev–Trinajstić information content (AvgIpc) is 2.93. The van der Waals surface area contributed by atoms with Crippen molar-refractivity contribution in [3.05, 3.63) is 59.7 Å². The number of carboxylic acids is 2. The van der Waals surface area contributed by atoms with Crippen molar-refractivity contribution in [2.45, 2.75) is 0 Å². The second-order valence-corrected chi connectivity index (χ2v) is 2.96. The Labute approximate surface area is 109 Å². The minimum atomic E-state index is -0.866. The van der Waals surface area contributed by atoms with Gasteiger partial charge in [-0.05, 0) is 0 Å². The third-order valence-electron chi connectivity index (χ3n) is 1.82. The van der Waals surface area contributed by atoms with Crippen LogP contribution in [0.15, 0.2) is 48.5 Å². The zero-order chi connectivity index (χ0) is 12.0. The van der Waals surface area contributed by atoms with Crippen LogP contribution in [0, 0.1) is 0 Å². The van der Waals surface area contributed by atoms with Crippen molar-refractivity contribution in [3.8, 4) is 0 Å². The van der Waals surface area contributed by atoms with Gasteiger partial charge in [-0.1, -0.05) is 11.1 Å². The summed E-state index contributed by atoms with van der Waals surface area (Å²) in [5.74, 6) is -1.73. The maximum absolute atomic E-state index is 10.1. The quantitative estimate of drug-likeness (QED) is 0.650. The number of hydrogen-bond acceptors (Lipinski definition) is 2. The first-order valence-electron chi connectivity index (χ1n) is 4.51. The molecule has 17 heavy (non-hydrogen) atoms. The van der Waals surface area contributed by atoms with E-state index in [2.05, 4.69) is 0 Å². The van der Waals surface area contributed by atoms with Gasteiger partial charge in [-0.15, -0.1) is 12.1 Å². The van der Waals surface area contributed by atoms with Crippen molar-refractivity contribution < 1.29 is 36.9 Å². The molecule has 0 aliphatic carbocycles. The molecule has 0 spiro atoms. The SMILES string of the molecule is O=C(O)c1ccc[cH-]1.O=C(O)c1ccc[cH-]1.[Fe+2]. The minimum absolute atomic E-state index is 0. The Morgan fingerprint density at radius 1 is 0.882 bits per heavy atom. The number of hydrogen-bond donors (Lipinski definition) is 2. The van der Waals surface area contributed by atoms with Crippen molar-refractivity contribution in [1.82, 2.24) is 0 Å². The van der Waals surface area contributed by atoms with E-state index in [4.69, 9.17) is 10.2 Å². The van der Waals surface area contributed by atoms with Gasteiger partial charge < -0.3 is 19.8 Å². The van der Waals surface area contributed by atoms with Crippen LogP contribution in [0.5, 0.6) is 0 Å². The molecule has 0 aliphatic heterocycles. The van der Waals surface area contributed by atoms with Gasteiger partial charge in [0.15, 0.2) is 0 Å². The Bertz CT molecular complexity index is 399. The van der Waals surface area contributed by atoms with Gasteiger partial charge in [0.2, 0.25) is 11.9 Å². The molecule has 2 aromatic rings. The molecule has 2 rings (SSSR count). The van der Waals surface area contributed by atoms with Gasteiger partial charge >= 0.3 is 17.1 Å². The first-order valence-corrected chi connectivity index (χ1v) is 4.51. The van der Waals surface area contributed by atoms with Crippen LogP contribution >= 0.6 is 0 Å². The number of carbonyl (C=O) groups is 2. The molecule has 0 atom stereocenters. The molecule has 0 heterocycles. The molecule has 5 heteroatoms. The Morgan fingerprint density at radius 2 is 1.24 bits per heavy atom. The van der Waals surface area contributed by atoms with Gasteiger partial charge in [0.05, 0.1) is 0 Å². The molecule has 2 N–H and O–H groups in total. The van der Waals surface area contributed by atoms with Crippen molar-refractivity contribution in [3.63, 3.8) is 0 Å². The second kappa shape index (κ2) is 7.44. The molecule has 0 aliphatic rings. The summed E-state index contributed by atoms with van der Waals surface area (Å²) >= 11 is 0. The number of aromatic carboxylic acids is 2. The third-order valence-corrected chi connectivity index (χ3v) is 1.82. The predicted octanol–water partition coefficient (Wildman–Crippen LogP) is 2.20. The topological polar surface area (TPSA) is 74.6 Å². The molecule has 0 aromatic heterocycles. The molecule has 90 valence electrons. The summed E-state index contributed by atoms with van der Waals surface area (Å²) in [6.45, 7) is 0. The van der Waals surface area contributed by atoms with Crippen molar-refractivity contribution >= 4 is 11.9 Å². The largest absolute Gasteiger partial charge is 2.00 e. The van der Waals surface area contributed by atoms with Gasteiger partial charge in [0, 0.05) is 0 Å². The molecule has 0 radical (unpaired) electrons. The van der Waals surface area contributed by atoms with Crippen LogP contribution < -0.4 is 0 Å².